The molecule has 1 atom stereocenters. The van der Waals surface area contributed by atoms with Crippen LogP contribution in [0.1, 0.15) is 28.4 Å². The van der Waals surface area contributed by atoms with Crippen molar-refractivity contribution in [3.63, 3.8) is 0 Å². The van der Waals surface area contributed by atoms with Gasteiger partial charge in [0.1, 0.15) is 0 Å². The Kier molecular flexibility index (Phi) is 13.4. The first kappa shape index (κ1) is 39.4. The Morgan fingerprint density at radius 1 is 0.833 bits per heavy atom. The van der Waals surface area contributed by atoms with Crippen LogP contribution in [-0.4, -0.2) is 82.7 Å². The van der Waals surface area contributed by atoms with E-state index in [1.807, 2.05) is 63.5 Å². The average molecular weight is 782 g/mol. The first-order chi connectivity index (χ1) is 26.1. The SMILES string of the molecule is CCc1cc(S(=O)(=O)NC(=O)c2ccc(N3CCN(Cc4ccccc4-c4ccc(Cl)cc4)CC3)cc2)ccc1N[C@@H](CSc1ccccc1)CN(C)C. The molecule has 2 N–H and O–H groups in total. The Hall–Kier alpha value is -4.32. The number of carbonyl (C=O) groups excluding carboxylic acids is 1. The Balaban J connectivity index is 1.04. The molecule has 0 spiro atoms. The molecule has 6 rings (SSSR count). The van der Waals surface area contributed by atoms with Crippen LogP contribution in [0.15, 0.2) is 131 Å². The molecule has 0 bridgehead atoms. The quantitative estimate of drug-likeness (QED) is 0.103. The maximum Gasteiger partial charge on any atom is 0.264 e. The third kappa shape index (κ3) is 10.5. The number of benzene rings is 5. The van der Waals surface area contributed by atoms with Crippen molar-refractivity contribution >= 4 is 50.7 Å². The van der Waals surface area contributed by atoms with Crippen molar-refractivity contribution in [1.29, 1.82) is 0 Å². The lowest BCUT2D eigenvalue weighted by Gasteiger charge is -2.36. The number of thioether (sulfide) groups is 1. The largest absolute Gasteiger partial charge is 0.380 e. The summed E-state index contributed by atoms with van der Waals surface area (Å²) in [5.41, 5.74) is 6.69. The van der Waals surface area contributed by atoms with Crippen LogP contribution in [0, 0.1) is 0 Å². The molecule has 282 valence electrons. The van der Waals surface area contributed by atoms with E-state index in [1.165, 1.54) is 16.0 Å². The molecule has 0 aliphatic carbocycles. The van der Waals surface area contributed by atoms with Gasteiger partial charge < -0.3 is 15.1 Å². The van der Waals surface area contributed by atoms with Gasteiger partial charge in [0.25, 0.3) is 15.9 Å². The fraction of sp³-hybridized carbons (Fsp3) is 0.279. The van der Waals surface area contributed by atoms with E-state index in [9.17, 15) is 13.2 Å². The highest BCUT2D eigenvalue weighted by Gasteiger charge is 2.23. The lowest BCUT2D eigenvalue weighted by Crippen LogP contribution is -2.46. The zero-order valence-corrected chi connectivity index (χ0v) is 33.4. The maximum absolute atomic E-state index is 13.4. The Labute approximate surface area is 329 Å². The third-order valence-electron chi connectivity index (χ3n) is 9.57. The lowest BCUT2D eigenvalue weighted by atomic mass is 9.99. The summed E-state index contributed by atoms with van der Waals surface area (Å²) in [6, 6.07) is 39.1. The van der Waals surface area contributed by atoms with E-state index in [1.54, 1.807) is 42.1 Å². The van der Waals surface area contributed by atoms with Crippen molar-refractivity contribution in [1.82, 2.24) is 14.5 Å². The van der Waals surface area contributed by atoms with Crippen LogP contribution < -0.4 is 14.9 Å². The predicted molar refractivity (Wildman–Crippen MR) is 224 cm³/mol. The van der Waals surface area contributed by atoms with E-state index in [0.29, 0.717) is 6.42 Å². The van der Waals surface area contributed by atoms with Gasteiger partial charge in [-0.05, 0) is 110 Å². The van der Waals surface area contributed by atoms with Crippen molar-refractivity contribution in [2.45, 2.75) is 35.7 Å². The van der Waals surface area contributed by atoms with Gasteiger partial charge in [-0.25, -0.2) is 13.1 Å². The van der Waals surface area contributed by atoms with E-state index in [4.69, 9.17) is 11.6 Å². The van der Waals surface area contributed by atoms with Crippen LogP contribution in [0.2, 0.25) is 5.02 Å². The van der Waals surface area contributed by atoms with Crippen LogP contribution in [0.25, 0.3) is 11.1 Å². The normalized spacial score (nSPS) is 14.2. The number of anilines is 2. The van der Waals surface area contributed by atoms with Crippen LogP contribution in [0.5, 0.6) is 0 Å². The monoisotopic (exact) mass is 781 g/mol. The molecule has 0 aromatic heterocycles. The molecule has 54 heavy (non-hydrogen) atoms. The highest BCUT2D eigenvalue weighted by molar-refractivity contribution is 7.99. The molecule has 0 radical (unpaired) electrons. The summed E-state index contributed by atoms with van der Waals surface area (Å²) in [5, 5.41) is 4.37. The fourth-order valence-corrected chi connectivity index (χ4v) is 8.80. The summed E-state index contributed by atoms with van der Waals surface area (Å²) >= 11 is 7.91. The second-order valence-corrected chi connectivity index (χ2v) is 17.0. The summed E-state index contributed by atoms with van der Waals surface area (Å²) in [6.07, 6.45) is 0.632. The summed E-state index contributed by atoms with van der Waals surface area (Å²) in [7, 11) is -0.0110. The van der Waals surface area contributed by atoms with E-state index in [0.717, 1.165) is 72.5 Å². The van der Waals surface area contributed by atoms with Gasteiger partial charge in [-0.3, -0.25) is 9.69 Å². The molecule has 0 unspecified atom stereocenters. The van der Waals surface area contributed by atoms with E-state index >= 15 is 0 Å². The van der Waals surface area contributed by atoms with Crippen LogP contribution in [0.4, 0.5) is 11.4 Å². The second kappa shape index (κ2) is 18.3. The van der Waals surface area contributed by atoms with Crippen LogP contribution in [0.3, 0.4) is 0 Å². The number of nitrogens with one attached hydrogen (secondary N) is 2. The van der Waals surface area contributed by atoms with E-state index < -0.39 is 15.9 Å². The molecule has 1 aliphatic rings. The van der Waals surface area contributed by atoms with E-state index in [-0.39, 0.29) is 16.5 Å². The van der Waals surface area contributed by atoms with Crippen molar-refractivity contribution in [2.24, 2.45) is 0 Å². The van der Waals surface area contributed by atoms with Gasteiger partial charge in [0, 0.05) is 77.9 Å². The standard InChI is InChI=1S/C43H48ClN5O3S2/c1-4-32-28-40(22-23-42(32)45-37(30-47(2)3)31-53-39-11-6-5-7-12-39)54(51,52)46-43(50)34-16-20-38(21-17-34)49-26-24-48(25-27-49)29-35-10-8-9-13-41(35)33-14-18-36(44)19-15-33/h5-23,28,37,45H,4,24-27,29-31H2,1-3H3,(H,46,50)/t37-/m1/s1. The predicted octanol–water partition coefficient (Wildman–Crippen LogP) is 8.14. The van der Waals surface area contributed by atoms with Gasteiger partial charge in [-0.15, -0.1) is 11.8 Å². The summed E-state index contributed by atoms with van der Waals surface area (Å²) in [5.74, 6) is 0.187. The van der Waals surface area contributed by atoms with Gasteiger partial charge in [0.15, 0.2) is 0 Å². The minimum Gasteiger partial charge on any atom is -0.380 e. The minimum absolute atomic E-state index is 0.0614. The molecule has 5 aromatic carbocycles. The zero-order chi connectivity index (χ0) is 38.1. The topological polar surface area (TPSA) is 85.0 Å². The van der Waals surface area contributed by atoms with Crippen molar-refractivity contribution in [3.8, 4) is 11.1 Å². The van der Waals surface area contributed by atoms with Crippen molar-refractivity contribution in [3.05, 3.63) is 143 Å². The molecule has 1 amide bonds. The number of amides is 1. The summed E-state index contributed by atoms with van der Waals surface area (Å²) < 4.78 is 29.2. The van der Waals surface area contributed by atoms with Gasteiger partial charge in [0.2, 0.25) is 0 Å². The first-order valence-corrected chi connectivity index (χ1v) is 21.1. The minimum atomic E-state index is -4.10. The number of likely N-dealkylation sites (N-methyl/N-ethyl adjacent to an activating group) is 1. The molecule has 1 aliphatic heterocycles. The van der Waals surface area contributed by atoms with Crippen molar-refractivity contribution < 1.29 is 13.2 Å². The van der Waals surface area contributed by atoms with E-state index in [2.05, 4.69) is 73.3 Å². The number of hydrogen-bond acceptors (Lipinski definition) is 8. The molecular formula is C43H48ClN5O3S2. The second-order valence-electron chi connectivity index (χ2n) is 13.8. The van der Waals surface area contributed by atoms with Gasteiger partial charge >= 0.3 is 0 Å². The van der Waals surface area contributed by atoms with Gasteiger partial charge in [0.05, 0.1) is 4.90 Å². The molecule has 1 saturated heterocycles. The number of carbonyl (C=O) groups is 1. The average Bonchev–Trinajstić information content (AvgIpc) is 3.18. The highest BCUT2D eigenvalue weighted by atomic mass is 35.5. The summed E-state index contributed by atoms with van der Waals surface area (Å²) in [6.45, 7) is 7.14. The van der Waals surface area contributed by atoms with Crippen LogP contribution in [-0.2, 0) is 23.0 Å². The number of sulfonamides is 1. The fourth-order valence-electron chi connectivity index (χ4n) is 6.72. The van der Waals surface area contributed by atoms with Gasteiger partial charge in [-0.1, -0.05) is 73.1 Å². The Morgan fingerprint density at radius 3 is 2.20 bits per heavy atom. The van der Waals surface area contributed by atoms with Crippen LogP contribution >= 0.6 is 23.4 Å². The Morgan fingerprint density at radius 2 is 1.52 bits per heavy atom. The number of halogens is 1. The molecule has 1 fully saturated rings. The smallest absolute Gasteiger partial charge is 0.264 e. The molecule has 0 saturated carbocycles. The maximum atomic E-state index is 13.4. The molecule has 1 heterocycles. The zero-order valence-electron chi connectivity index (χ0n) is 31.0. The van der Waals surface area contributed by atoms with Crippen molar-refractivity contribution in [2.75, 3.05) is 62.8 Å². The first-order valence-electron chi connectivity index (χ1n) is 18.3. The van der Waals surface area contributed by atoms with Gasteiger partial charge in [-0.2, -0.15) is 0 Å². The number of piperazine rings is 1. The molecular weight excluding hydrogens is 734 g/mol. The number of nitrogens with zero attached hydrogens (tertiary/aromatic N) is 3. The Bertz CT molecular complexity index is 2110. The third-order valence-corrected chi connectivity index (χ3v) is 12.3. The molecule has 8 nitrogen and oxygen atoms in total. The number of rotatable bonds is 15. The number of hydrogen-bond donors (Lipinski definition) is 2. The number of aryl methyl sites for hydroxylation is 1. The molecule has 5 aromatic rings. The lowest BCUT2D eigenvalue weighted by molar-refractivity contribution is 0.0981. The highest BCUT2D eigenvalue weighted by Crippen LogP contribution is 2.28. The summed E-state index contributed by atoms with van der Waals surface area (Å²) in [4.78, 5) is 21.4. The molecule has 11 heteroatoms.